The Morgan fingerprint density at radius 1 is 0.960 bits per heavy atom. The van der Waals surface area contributed by atoms with E-state index in [1.807, 2.05) is 6.92 Å². The minimum atomic E-state index is -1.33. The fourth-order valence-electron chi connectivity index (χ4n) is 4.95. The Morgan fingerprint density at radius 3 is 2.00 bits per heavy atom. The molecule has 0 spiro atoms. The van der Waals surface area contributed by atoms with Gasteiger partial charge in [0.05, 0.1) is 0 Å². The Labute approximate surface area is 145 Å². The molecular weight excluding hydrogens is 331 g/mol. The van der Waals surface area contributed by atoms with Gasteiger partial charge in [-0.15, -0.1) is 0 Å². The van der Waals surface area contributed by atoms with Crippen LogP contribution in [0.25, 0.3) is 0 Å². The van der Waals surface area contributed by atoms with E-state index in [-0.39, 0.29) is 0 Å². The van der Waals surface area contributed by atoms with Gasteiger partial charge in [-0.3, -0.25) is 0 Å². The standard InChI is InChI=1S/C18H23FO6/c1-10(19)17(22)24-8-15(20)23-9-16(21)25-18(2)13-4-11-3-12(6-13)7-14(18)5-11/h11-14H,1,3-9H2,2H3. The molecule has 4 fully saturated rings. The fraction of sp³-hybridized carbons (Fsp3) is 0.722. The van der Waals surface area contributed by atoms with Crippen molar-refractivity contribution in [3.8, 4) is 0 Å². The molecule has 6 nitrogen and oxygen atoms in total. The van der Waals surface area contributed by atoms with Crippen molar-refractivity contribution in [2.24, 2.45) is 23.7 Å². The highest BCUT2D eigenvalue weighted by molar-refractivity contribution is 5.87. The highest BCUT2D eigenvalue weighted by Crippen LogP contribution is 2.59. The van der Waals surface area contributed by atoms with Gasteiger partial charge in [-0.05, 0) is 62.7 Å². The zero-order valence-corrected chi connectivity index (χ0v) is 14.3. The summed E-state index contributed by atoms with van der Waals surface area (Å²) in [6.07, 6.45) is 5.69. The van der Waals surface area contributed by atoms with Crippen LogP contribution in [0.5, 0.6) is 0 Å². The molecule has 0 heterocycles. The zero-order valence-electron chi connectivity index (χ0n) is 14.3. The van der Waals surface area contributed by atoms with Crippen LogP contribution in [0.15, 0.2) is 12.4 Å². The van der Waals surface area contributed by atoms with Gasteiger partial charge in [-0.25, -0.2) is 14.4 Å². The van der Waals surface area contributed by atoms with Crippen molar-refractivity contribution < 1.29 is 33.0 Å². The summed E-state index contributed by atoms with van der Waals surface area (Å²) >= 11 is 0. The molecule has 25 heavy (non-hydrogen) atoms. The number of halogens is 1. The first-order valence-electron chi connectivity index (χ1n) is 8.67. The molecule has 0 aliphatic heterocycles. The lowest BCUT2D eigenvalue weighted by atomic mass is 9.50. The van der Waals surface area contributed by atoms with E-state index < -0.39 is 42.5 Å². The van der Waals surface area contributed by atoms with Gasteiger partial charge in [0.1, 0.15) is 5.60 Å². The van der Waals surface area contributed by atoms with E-state index >= 15 is 0 Å². The zero-order chi connectivity index (χ0) is 18.2. The molecule has 4 bridgehead atoms. The molecule has 0 aromatic heterocycles. The molecule has 0 radical (unpaired) electrons. The van der Waals surface area contributed by atoms with E-state index in [0.29, 0.717) is 11.8 Å². The summed E-state index contributed by atoms with van der Waals surface area (Å²) in [6.45, 7) is 3.42. The van der Waals surface area contributed by atoms with E-state index in [9.17, 15) is 18.8 Å². The first-order chi connectivity index (χ1) is 11.8. The average molecular weight is 354 g/mol. The van der Waals surface area contributed by atoms with Crippen molar-refractivity contribution in [1.82, 2.24) is 0 Å². The van der Waals surface area contributed by atoms with Crippen LogP contribution in [-0.2, 0) is 28.6 Å². The van der Waals surface area contributed by atoms with Crippen LogP contribution in [0, 0.1) is 23.7 Å². The molecule has 138 valence electrons. The highest BCUT2D eigenvalue weighted by Gasteiger charge is 2.57. The molecule has 4 saturated carbocycles. The molecule has 0 N–H and O–H groups in total. The quantitative estimate of drug-likeness (QED) is 0.414. The Bertz CT molecular complexity index is 570. The number of hydrogen-bond donors (Lipinski definition) is 0. The molecule has 4 aliphatic rings. The Hall–Kier alpha value is -1.92. The van der Waals surface area contributed by atoms with Crippen LogP contribution >= 0.6 is 0 Å². The third-order valence-electron chi connectivity index (χ3n) is 5.99. The molecule has 0 unspecified atom stereocenters. The molecule has 0 aromatic rings. The van der Waals surface area contributed by atoms with Crippen molar-refractivity contribution in [3.05, 3.63) is 12.4 Å². The van der Waals surface area contributed by atoms with E-state index in [1.54, 1.807) is 0 Å². The van der Waals surface area contributed by atoms with Gasteiger partial charge in [0, 0.05) is 0 Å². The summed E-state index contributed by atoms with van der Waals surface area (Å²) in [5.41, 5.74) is -0.491. The van der Waals surface area contributed by atoms with E-state index in [1.165, 1.54) is 6.42 Å². The molecule has 0 aromatic carbocycles. The van der Waals surface area contributed by atoms with Crippen molar-refractivity contribution in [3.63, 3.8) is 0 Å². The van der Waals surface area contributed by atoms with Gasteiger partial charge < -0.3 is 14.2 Å². The van der Waals surface area contributed by atoms with Crippen molar-refractivity contribution in [2.75, 3.05) is 13.2 Å². The van der Waals surface area contributed by atoms with Gasteiger partial charge in [-0.2, -0.15) is 4.39 Å². The van der Waals surface area contributed by atoms with Gasteiger partial charge in [-0.1, -0.05) is 6.58 Å². The lowest BCUT2D eigenvalue weighted by Gasteiger charge is -2.59. The molecule has 0 atom stereocenters. The number of hydrogen-bond acceptors (Lipinski definition) is 6. The summed E-state index contributed by atoms with van der Waals surface area (Å²) in [7, 11) is 0. The van der Waals surface area contributed by atoms with Gasteiger partial charge >= 0.3 is 17.9 Å². The number of rotatable bonds is 6. The van der Waals surface area contributed by atoms with Crippen molar-refractivity contribution in [1.29, 1.82) is 0 Å². The molecular formula is C18H23FO6. The third kappa shape index (κ3) is 3.70. The Kier molecular flexibility index (Phi) is 4.84. The SMILES string of the molecule is C=C(F)C(=O)OCC(=O)OCC(=O)OC1(C)C2CC3CC(C2)CC1C3. The number of carbonyl (C=O) groups excluding carboxylic acids is 3. The van der Waals surface area contributed by atoms with Crippen LogP contribution in [0.4, 0.5) is 4.39 Å². The summed E-state index contributed by atoms with van der Waals surface area (Å²) in [4.78, 5) is 34.4. The highest BCUT2D eigenvalue weighted by atomic mass is 19.1. The lowest BCUT2D eigenvalue weighted by Crippen LogP contribution is -2.58. The van der Waals surface area contributed by atoms with Crippen LogP contribution < -0.4 is 0 Å². The maximum absolute atomic E-state index is 12.4. The summed E-state index contributed by atoms with van der Waals surface area (Å²) in [5, 5.41) is 0. The number of esters is 3. The Balaban J connectivity index is 1.45. The molecule has 4 aliphatic carbocycles. The average Bonchev–Trinajstić information content (AvgIpc) is 2.55. The van der Waals surface area contributed by atoms with E-state index in [2.05, 4.69) is 11.3 Å². The minimum Gasteiger partial charge on any atom is -0.456 e. The minimum absolute atomic E-state index is 0.375. The summed E-state index contributed by atoms with van der Waals surface area (Å²) < 4.78 is 27.2. The summed E-state index contributed by atoms with van der Waals surface area (Å²) in [6, 6.07) is 0. The smallest absolute Gasteiger partial charge is 0.367 e. The predicted molar refractivity (Wildman–Crippen MR) is 83.7 cm³/mol. The van der Waals surface area contributed by atoms with E-state index in [0.717, 1.165) is 37.5 Å². The molecule has 0 amide bonds. The molecule has 0 saturated heterocycles. The van der Waals surface area contributed by atoms with Gasteiger partial charge in [0.25, 0.3) is 0 Å². The van der Waals surface area contributed by atoms with Gasteiger partial charge in [0.2, 0.25) is 5.83 Å². The van der Waals surface area contributed by atoms with Crippen molar-refractivity contribution >= 4 is 17.9 Å². The van der Waals surface area contributed by atoms with Gasteiger partial charge in [0.15, 0.2) is 13.2 Å². The van der Waals surface area contributed by atoms with E-state index in [4.69, 9.17) is 9.47 Å². The second kappa shape index (κ2) is 6.77. The number of ether oxygens (including phenoxy) is 3. The second-order valence-corrected chi connectivity index (χ2v) is 7.60. The maximum atomic E-state index is 12.4. The Morgan fingerprint density at radius 2 is 1.48 bits per heavy atom. The maximum Gasteiger partial charge on any atom is 0.367 e. The first-order valence-corrected chi connectivity index (χ1v) is 8.67. The van der Waals surface area contributed by atoms with Crippen LogP contribution in [0.2, 0.25) is 0 Å². The monoisotopic (exact) mass is 354 g/mol. The molecule has 7 heteroatoms. The number of carbonyl (C=O) groups is 3. The van der Waals surface area contributed by atoms with Crippen LogP contribution in [-0.4, -0.2) is 36.7 Å². The fourth-order valence-corrected chi connectivity index (χ4v) is 4.95. The topological polar surface area (TPSA) is 78.9 Å². The third-order valence-corrected chi connectivity index (χ3v) is 5.99. The first kappa shape index (κ1) is 17.9. The van der Waals surface area contributed by atoms with Crippen LogP contribution in [0.3, 0.4) is 0 Å². The lowest BCUT2D eigenvalue weighted by molar-refractivity contribution is -0.207. The summed E-state index contributed by atoms with van der Waals surface area (Å²) in [5.74, 6) is -1.92. The predicted octanol–water partition coefficient (Wildman–Crippen LogP) is 2.31. The normalized spacial score (nSPS) is 35.1. The van der Waals surface area contributed by atoms with Crippen LogP contribution in [0.1, 0.15) is 39.0 Å². The van der Waals surface area contributed by atoms with Crippen molar-refractivity contribution in [2.45, 2.75) is 44.6 Å². The largest absolute Gasteiger partial charge is 0.456 e. The second-order valence-electron chi connectivity index (χ2n) is 7.60. The molecule has 4 rings (SSSR count).